The van der Waals surface area contributed by atoms with Crippen LogP contribution in [0.3, 0.4) is 0 Å². The molecule has 0 saturated heterocycles. The zero-order chi connectivity index (χ0) is 17.0. The zero-order valence-corrected chi connectivity index (χ0v) is 17.2. The average molecular weight is 347 g/mol. The van der Waals surface area contributed by atoms with E-state index < -0.39 is 15.7 Å². The number of hydrogen-bond acceptors (Lipinski definition) is 2. The molecule has 1 N–H and O–H groups in total. The summed E-state index contributed by atoms with van der Waals surface area (Å²) in [5, 5.41) is 0.262. The second kappa shape index (κ2) is 7.79. The van der Waals surface area contributed by atoms with Gasteiger partial charge in [0.05, 0.1) is 6.10 Å². The molecule has 0 radical (unpaired) electrons. The Balaban J connectivity index is 2.30. The predicted octanol–water partition coefficient (Wildman–Crippen LogP) is 5.56. The minimum atomic E-state index is -2.83. The van der Waals surface area contributed by atoms with Gasteiger partial charge in [-0.15, -0.1) is 0 Å². The molecule has 0 aromatic rings. The summed E-state index contributed by atoms with van der Waals surface area (Å²) in [4.78, 5) is 9.59. The van der Waals surface area contributed by atoms with Gasteiger partial charge in [0.25, 0.3) is 0 Å². The van der Waals surface area contributed by atoms with Gasteiger partial charge in [0.1, 0.15) is 0 Å². The molecule has 0 fully saturated rings. The lowest BCUT2D eigenvalue weighted by atomic mass is 10.1. The Hall–Kier alpha value is 0.107. The van der Waals surface area contributed by atoms with E-state index in [0.717, 1.165) is 32.1 Å². The molecule has 0 aromatic carbocycles. The van der Waals surface area contributed by atoms with Crippen molar-refractivity contribution in [3.8, 4) is 0 Å². The Kier molecular flexibility index (Phi) is 7.13. The molecule has 0 heterocycles. The summed E-state index contributed by atoms with van der Waals surface area (Å²) in [6.45, 7) is 13.3. The van der Waals surface area contributed by atoms with E-state index in [0.29, 0.717) is 18.4 Å². The van der Waals surface area contributed by atoms with Gasteiger partial charge in [0.2, 0.25) is 0 Å². The third kappa shape index (κ3) is 6.31. The molecule has 0 aliphatic heterocycles. The molecule has 1 aliphatic carbocycles. The summed E-state index contributed by atoms with van der Waals surface area (Å²) in [5.41, 5.74) is 1.48. The molecule has 0 saturated carbocycles. The summed E-state index contributed by atoms with van der Waals surface area (Å²) in [6, 6.07) is 0. The smallest absolute Gasteiger partial charge is 0.200 e. The van der Waals surface area contributed by atoms with Gasteiger partial charge < -0.3 is 9.32 Å². The van der Waals surface area contributed by atoms with Crippen LogP contribution in [0.5, 0.6) is 0 Å². The highest BCUT2D eigenvalue weighted by atomic mass is 31.2. The van der Waals surface area contributed by atoms with Gasteiger partial charge in [0, 0.05) is 12.3 Å². The van der Waals surface area contributed by atoms with Crippen LogP contribution < -0.4 is 0 Å². The van der Waals surface area contributed by atoms with E-state index in [1.165, 1.54) is 5.57 Å². The van der Waals surface area contributed by atoms with E-state index in [9.17, 15) is 9.46 Å². The van der Waals surface area contributed by atoms with Crippen molar-refractivity contribution in [3.63, 3.8) is 0 Å². The highest BCUT2D eigenvalue weighted by Gasteiger charge is 2.39. The molecule has 130 valence electrons. The normalized spacial score (nSPS) is 22.5. The highest BCUT2D eigenvalue weighted by Crippen LogP contribution is 2.41. The Labute approximate surface area is 138 Å². The largest absolute Gasteiger partial charge is 0.413 e. The Morgan fingerprint density at radius 1 is 1.36 bits per heavy atom. The van der Waals surface area contributed by atoms with Gasteiger partial charge in [-0.3, -0.25) is 4.57 Å². The standard InChI is InChI=1S/C17H35O3PSi/c1-7-21(18,19)13-9-8-10-15-11-12-16(14-15)20-22(5,6)17(2,3)4/h11,16H,7-10,12-14H2,1-6H3,(H,18,19)/t16-/m1/s1. The lowest BCUT2D eigenvalue weighted by Crippen LogP contribution is -2.43. The molecule has 0 bridgehead atoms. The fourth-order valence-electron chi connectivity index (χ4n) is 2.51. The summed E-state index contributed by atoms with van der Waals surface area (Å²) >= 11 is 0. The van der Waals surface area contributed by atoms with Crippen LogP contribution in [-0.4, -0.2) is 31.6 Å². The van der Waals surface area contributed by atoms with E-state index >= 15 is 0 Å². The highest BCUT2D eigenvalue weighted by molar-refractivity contribution is 7.57. The average Bonchev–Trinajstić information content (AvgIpc) is 2.80. The third-order valence-corrected chi connectivity index (χ3v) is 11.7. The van der Waals surface area contributed by atoms with Crippen molar-refractivity contribution in [1.29, 1.82) is 0 Å². The second-order valence-electron chi connectivity index (χ2n) is 8.15. The Morgan fingerprint density at radius 3 is 2.55 bits per heavy atom. The van der Waals surface area contributed by atoms with Gasteiger partial charge in [-0.1, -0.05) is 39.3 Å². The second-order valence-corrected chi connectivity index (χ2v) is 15.7. The van der Waals surface area contributed by atoms with Crippen LogP contribution >= 0.6 is 7.37 Å². The number of hydrogen-bond donors (Lipinski definition) is 1. The van der Waals surface area contributed by atoms with Crippen LogP contribution in [0.4, 0.5) is 0 Å². The maximum Gasteiger partial charge on any atom is 0.200 e. The fraction of sp³-hybridized carbons (Fsp3) is 0.882. The monoisotopic (exact) mass is 346 g/mol. The van der Waals surface area contributed by atoms with Crippen LogP contribution in [0.15, 0.2) is 11.6 Å². The van der Waals surface area contributed by atoms with Crippen LogP contribution in [0.2, 0.25) is 18.1 Å². The maximum atomic E-state index is 11.6. The van der Waals surface area contributed by atoms with Crippen LogP contribution in [0.25, 0.3) is 0 Å². The topological polar surface area (TPSA) is 46.5 Å². The molecule has 3 nitrogen and oxygen atoms in total. The first kappa shape index (κ1) is 20.2. The van der Waals surface area contributed by atoms with Gasteiger partial charge >= 0.3 is 0 Å². The molecular formula is C17H35O3PSi. The molecule has 1 unspecified atom stereocenters. The minimum Gasteiger partial charge on any atom is -0.413 e. The SMILES string of the molecule is CCP(=O)(O)CCCCC1=CC[C@@H](O[Si](C)(C)C(C)(C)C)C1. The van der Waals surface area contributed by atoms with Crippen molar-refractivity contribution < 1.29 is 13.9 Å². The lowest BCUT2D eigenvalue weighted by Gasteiger charge is -2.38. The van der Waals surface area contributed by atoms with E-state index in [4.69, 9.17) is 4.43 Å². The van der Waals surface area contributed by atoms with E-state index in [1.807, 2.05) is 0 Å². The minimum absolute atomic E-state index is 0.262. The van der Waals surface area contributed by atoms with E-state index in [2.05, 4.69) is 39.9 Å². The zero-order valence-electron chi connectivity index (χ0n) is 15.3. The number of rotatable bonds is 8. The predicted molar refractivity (Wildman–Crippen MR) is 98.5 cm³/mol. The lowest BCUT2D eigenvalue weighted by molar-refractivity contribution is 0.191. The summed E-state index contributed by atoms with van der Waals surface area (Å²) in [5.74, 6) is 0. The van der Waals surface area contributed by atoms with Gasteiger partial charge in [-0.2, -0.15) is 0 Å². The van der Waals surface area contributed by atoms with Crippen molar-refractivity contribution >= 4 is 15.7 Å². The maximum absolute atomic E-state index is 11.6. The third-order valence-electron chi connectivity index (χ3n) is 5.18. The first-order valence-corrected chi connectivity index (χ1v) is 13.6. The number of unbranched alkanes of at least 4 members (excludes halogenated alkanes) is 1. The van der Waals surface area contributed by atoms with Crippen LogP contribution in [0, 0.1) is 0 Å². The van der Waals surface area contributed by atoms with Crippen molar-refractivity contribution in [1.82, 2.24) is 0 Å². The summed E-state index contributed by atoms with van der Waals surface area (Å²) in [7, 11) is -4.50. The molecule has 5 heteroatoms. The molecular weight excluding hydrogens is 311 g/mol. The van der Waals surface area contributed by atoms with Crippen LogP contribution in [-0.2, 0) is 8.99 Å². The molecule has 0 spiro atoms. The molecule has 1 rings (SSSR count). The molecule has 1 aliphatic rings. The Bertz CT molecular complexity index is 438. The first-order valence-electron chi connectivity index (χ1n) is 8.63. The summed E-state index contributed by atoms with van der Waals surface area (Å²) < 4.78 is 18.1. The molecule has 2 atom stereocenters. The molecule has 0 amide bonds. The van der Waals surface area contributed by atoms with Crippen molar-refractivity contribution in [2.24, 2.45) is 0 Å². The van der Waals surface area contributed by atoms with E-state index in [1.54, 1.807) is 6.92 Å². The van der Waals surface area contributed by atoms with E-state index in [-0.39, 0.29) is 5.04 Å². The van der Waals surface area contributed by atoms with Crippen molar-refractivity contribution in [2.75, 3.05) is 12.3 Å². The van der Waals surface area contributed by atoms with Crippen molar-refractivity contribution in [2.45, 2.75) is 84.0 Å². The van der Waals surface area contributed by atoms with Gasteiger partial charge in [0.15, 0.2) is 15.7 Å². The molecule has 0 aromatic heterocycles. The quantitative estimate of drug-likeness (QED) is 0.271. The van der Waals surface area contributed by atoms with Gasteiger partial charge in [-0.05, 0) is 50.2 Å². The molecule has 22 heavy (non-hydrogen) atoms. The summed E-state index contributed by atoms with van der Waals surface area (Å²) in [6.07, 6.45) is 8.58. The first-order chi connectivity index (χ1) is 9.97. The van der Waals surface area contributed by atoms with Crippen molar-refractivity contribution in [3.05, 3.63) is 11.6 Å². The van der Waals surface area contributed by atoms with Crippen LogP contribution in [0.1, 0.15) is 59.8 Å². The Morgan fingerprint density at radius 2 is 2.00 bits per heavy atom. The van der Waals surface area contributed by atoms with Gasteiger partial charge in [-0.25, -0.2) is 0 Å². The fourth-order valence-corrected chi connectivity index (χ4v) is 4.91.